The van der Waals surface area contributed by atoms with Gasteiger partial charge in [-0.1, -0.05) is 26.0 Å². The summed E-state index contributed by atoms with van der Waals surface area (Å²) in [6.07, 6.45) is 1.30. The molecule has 10 heteroatoms. The third kappa shape index (κ3) is 4.90. The summed E-state index contributed by atoms with van der Waals surface area (Å²) in [6.45, 7) is 5.24. The second kappa shape index (κ2) is 11.2. The van der Waals surface area contributed by atoms with Crippen molar-refractivity contribution >= 4 is 17.8 Å². The van der Waals surface area contributed by atoms with Crippen molar-refractivity contribution < 1.29 is 37.3 Å². The van der Waals surface area contributed by atoms with Crippen LogP contribution in [0, 0.1) is 11.8 Å². The van der Waals surface area contributed by atoms with Crippen LogP contribution >= 0.6 is 0 Å². The number of aromatic hydroxyl groups is 1. The van der Waals surface area contributed by atoms with E-state index in [1.54, 1.807) is 6.08 Å². The summed E-state index contributed by atoms with van der Waals surface area (Å²) in [5, 5.41) is 11.4. The van der Waals surface area contributed by atoms with E-state index >= 15 is 0 Å². The van der Waals surface area contributed by atoms with Gasteiger partial charge in [-0.15, -0.1) is 0 Å². The van der Waals surface area contributed by atoms with Crippen molar-refractivity contribution in [2.75, 3.05) is 33.9 Å². The van der Waals surface area contributed by atoms with Gasteiger partial charge in [-0.05, 0) is 86.5 Å². The van der Waals surface area contributed by atoms with E-state index in [1.165, 1.54) is 25.3 Å². The second-order valence-corrected chi connectivity index (χ2v) is 13.2. The number of likely N-dealkylation sites (tertiary alicyclic amines) is 1. The van der Waals surface area contributed by atoms with Gasteiger partial charge in [-0.2, -0.15) is 13.2 Å². The number of methoxy groups -OCH3 is 1. The highest BCUT2D eigenvalue weighted by Crippen LogP contribution is 2.64. The van der Waals surface area contributed by atoms with Gasteiger partial charge in [-0.25, -0.2) is 0 Å². The van der Waals surface area contributed by atoms with Gasteiger partial charge in [-0.3, -0.25) is 9.59 Å². The predicted octanol–water partition coefficient (Wildman–Crippen LogP) is 5.48. The lowest BCUT2D eigenvalue weighted by atomic mass is 9.51. The van der Waals surface area contributed by atoms with Crippen LogP contribution in [-0.4, -0.2) is 78.6 Å². The van der Waals surface area contributed by atoms with E-state index in [0.29, 0.717) is 24.3 Å². The monoisotopic (exact) mass is 612 g/mol. The molecule has 5 atom stereocenters. The molecule has 4 aliphatic rings. The summed E-state index contributed by atoms with van der Waals surface area (Å²) in [4.78, 5) is 31.1. The number of alkyl halides is 3. The van der Waals surface area contributed by atoms with Crippen LogP contribution in [0.5, 0.6) is 11.5 Å². The lowest BCUT2D eigenvalue weighted by Gasteiger charge is -2.60. The van der Waals surface area contributed by atoms with E-state index in [0.717, 1.165) is 49.1 Å². The van der Waals surface area contributed by atoms with Crippen LogP contribution in [0.3, 0.4) is 0 Å². The number of carbonyl (C=O) groups is 2. The minimum Gasteiger partial charge on any atom is -0.504 e. The van der Waals surface area contributed by atoms with Crippen molar-refractivity contribution in [2.45, 2.75) is 69.3 Å². The Balaban J connectivity index is 1.38. The fourth-order valence-corrected chi connectivity index (χ4v) is 8.35. The van der Waals surface area contributed by atoms with Gasteiger partial charge in [0.05, 0.1) is 17.2 Å². The molecular formula is C34H39F3N2O5. The molecule has 236 valence electrons. The average Bonchev–Trinajstić information content (AvgIpc) is 3.33. The Hall–Kier alpha value is -3.37. The molecule has 44 heavy (non-hydrogen) atoms. The third-order valence-corrected chi connectivity index (χ3v) is 10.2. The van der Waals surface area contributed by atoms with Gasteiger partial charge in [0.1, 0.15) is 12.7 Å². The number of benzene rings is 2. The topological polar surface area (TPSA) is 79.3 Å². The zero-order chi connectivity index (χ0) is 31.6. The first kappa shape index (κ1) is 30.6. The van der Waals surface area contributed by atoms with Crippen molar-refractivity contribution in [1.82, 2.24) is 9.80 Å². The highest BCUT2D eigenvalue weighted by molar-refractivity contribution is 6.01. The summed E-state index contributed by atoms with van der Waals surface area (Å²) in [6, 6.07) is 6.50. The lowest BCUT2D eigenvalue weighted by Crippen LogP contribution is -2.68. The van der Waals surface area contributed by atoms with Crippen LogP contribution in [0.15, 0.2) is 36.4 Å². The maximum atomic E-state index is 13.9. The number of nitrogens with zero attached hydrogens (tertiary/aromatic N) is 2. The number of Topliss-reactive ketones (excluding diaryl/α,β-unsaturated/α-hetero) is 1. The molecule has 2 aromatic rings. The number of hydrogen-bond acceptors (Lipinski definition) is 6. The molecule has 2 aromatic carbocycles. The van der Waals surface area contributed by atoms with Crippen LogP contribution in [-0.2, 0) is 27.5 Å². The van der Waals surface area contributed by atoms with Crippen LogP contribution in [0.1, 0.15) is 65.7 Å². The molecule has 2 aliphatic heterocycles. The lowest BCUT2D eigenvalue weighted by molar-refractivity contribution is -0.138. The maximum Gasteiger partial charge on any atom is 0.416 e. The number of ketones is 1. The molecule has 2 aliphatic carbocycles. The molecule has 1 saturated carbocycles. The summed E-state index contributed by atoms with van der Waals surface area (Å²) in [5.74, 6) is 0.0736. The zero-order valence-electron chi connectivity index (χ0n) is 25.5. The van der Waals surface area contributed by atoms with Gasteiger partial charge in [0.15, 0.2) is 17.3 Å². The number of ether oxygens (including phenoxy) is 2. The van der Waals surface area contributed by atoms with Crippen LogP contribution in [0.25, 0.3) is 6.08 Å². The SMILES string of the molecule is COCC(=O)c1cc2c3c(c1O)OC1C(N(CC(C)C)C(=O)C=Cc4ccc(C(F)(F)F)cc4)CC[C@H]4[C@@H](C2)N(C)CC[C@]314. The molecule has 0 aromatic heterocycles. The maximum absolute atomic E-state index is 13.9. The molecular weight excluding hydrogens is 573 g/mol. The third-order valence-electron chi connectivity index (χ3n) is 10.2. The fourth-order valence-electron chi connectivity index (χ4n) is 8.35. The molecule has 1 spiro atoms. The smallest absolute Gasteiger partial charge is 0.416 e. The molecule has 7 nitrogen and oxygen atoms in total. The van der Waals surface area contributed by atoms with Crippen molar-refractivity contribution in [2.24, 2.45) is 11.8 Å². The van der Waals surface area contributed by atoms with E-state index in [9.17, 15) is 27.9 Å². The molecule has 6 rings (SSSR count). The number of phenols is 1. The number of piperidine rings is 1. The molecule has 2 fully saturated rings. The molecule has 2 heterocycles. The first-order valence-corrected chi connectivity index (χ1v) is 15.3. The van der Waals surface area contributed by atoms with Gasteiger partial charge in [0.25, 0.3) is 0 Å². The van der Waals surface area contributed by atoms with Gasteiger partial charge in [0.2, 0.25) is 5.91 Å². The number of likely N-dealkylation sites (N-methyl/N-ethyl adjacent to an activating group) is 1. The Kier molecular flexibility index (Phi) is 7.81. The predicted molar refractivity (Wildman–Crippen MR) is 159 cm³/mol. The normalized spacial score (nSPS) is 27.4. The molecule has 2 unspecified atom stereocenters. The van der Waals surface area contributed by atoms with Crippen molar-refractivity contribution in [3.05, 3.63) is 64.2 Å². The largest absolute Gasteiger partial charge is 0.504 e. The van der Waals surface area contributed by atoms with Crippen molar-refractivity contribution in [3.8, 4) is 11.5 Å². The van der Waals surface area contributed by atoms with Crippen LogP contribution < -0.4 is 4.74 Å². The zero-order valence-corrected chi connectivity index (χ0v) is 25.5. The van der Waals surface area contributed by atoms with E-state index in [4.69, 9.17) is 9.47 Å². The van der Waals surface area contributed by atoms with Crippen LogP contribution in [0.2, 0.25) is 0 Å². The van der Waals surface area contributed by atoms with Crippen LogP contribution in [0.4, 0.5) is 13.2 Å². The minimum atomic E-state index is -4.43. The Morgan fingerprint density at radius 3 is 2.61 bits per heavy atom. The Labute approximate surface area is 255 Å². The molecule has 1 N–H and O–H groups in total. The van der Waals surface area contributed by atoms with E-state index < -0.39 is 23.3 Å². The minimum absolute atomic E-state index is 0.149. The van der Waals surface area contributed by atoms with Gasteiger partial charge in [0, 0.05) is 36.8 Å². The number of hydrogen-bond donors (Lipinski definition) is 1. The molecule has 1 amide bonds. The first-order chi connectivity index (χ1) is 20.9. The number of halogens is 3. The standard InChI is InChI=1S/C34H39F3N2O5/c1-19(2)17-39(28(41)12-7-20-5-8-22(9-6-20)34(35,36)37)25-11-10-24-26-16-21-15-23(27(40)18-43-4)30(42)31-29(21)33(24,32(25)44-31)13-14-38(26)3/h5-9,12,15,19,24-26,32,42H,10-11,13-14,16-18H2,1-4H3/t24-,25?,26+,32?,33-/m0/s1. The highest BCUT2D eigenvalue weighted by atomic mass is 19.4. The number of rotatable bonds is 8. The van der Waals surface area contributed by atoms with Crippen molar-refractivity contribution in [1.29, 1.82) is 0 Å². The van der Waals surface area contributed by atoms with Crippen molar-refractivity contribution in [3.63, 3.8) is 0 Å². The number of phenolic OH excluding ortho intramolecular Hbond substituents is 1. The van der Waals surface area contributed by atoms with E-state index in [2.05, 4.69) is 11.9 Å². The van der Waals surface area contributed by atoms with E-state index in [1.807, 2.05) is 24.8 Å². The quantitative estimate of drug-likeness (QED) is 0.315. The summed E-state index contributed by atoms with van der Waals surface area (Å²) in [7, 11) is 3.58. The number of carbonyl (C=O) groups excluding carboxylic acids is 2. The fraction of sp³-hybridized carbons (Fsp3) is 0.529. The highest BCUT2D eigenvalue weighted by Gasteiger charge is 2.66. The molecule has 1 saturated heterocycles. The Morgan fingerprint density at radius 1 is 1.23 bits per heavy atom. The Bertz CT molecular complexity index is 1490. The molecule has 0 radical (unpaired) electrons. The first-order valence-electron chi connectivity index (χ1n) is 15.3. The molecule has 2 bridgehead atoms. The summed E-state index contributed by atoms with van der Waals surface area (Å²) >= 11 is 0. The average molecular weight is 613 g/mol. The number of amides is 1. The van der Waals surface area contributed by atoms with Gasteiger partial charge >= 0.3 is 6.18 Å². The Morgan fingerprint density at radius 2 is 1.95 bits per heavy atom. The van der Waals surface area contributed by atoms with Gasteiger partial charge < -0.3 is 24.4 Å². The second-order valence-electron chi connectivity index (χ2n) is 13.2. The summed E-state index contributed by atoms with van der Waals surface area (Å²) < 4.78 is 50.9. The summed E-state index contributed by atoms with van der Waals surface area (Å²) in [5.41, 5.74) is 1.55. The van der Waals surface area contributed by atoms with E-state index in [-0.39, 0.29) is 53.5 Å².